The van der Waals surface area contributed by atoms with Crippen molar-refractivity contribution in [3.63, 3.8) is 0 Å². The highest BCUT2D eigenvalue weighted by atomic mass is 16.5. The molecular formula is C14H24N2O2. The van der Waals surface area contributed by atoms with E-state index in [1.165, 1.54) is 0 Å². The van der Waals surface area contributed by atoms with E-state index in [1.807, 2.05) is 6.92 Å². The summed E-state index contributed by atoms with van der Waals surface area (Å²) in [5.74, 6) is 0.322. The number of ether oxygens (including phenoxy) is 1. The monoisotopic (exact) mass is 252 g/mol. The molecule has 0 aromatic rings. The maximum atomic E-state index is 12.5. The Hall–Kier alpha value is -0.610. The van der Waals surface area contributed by atoms with E-state index in [0.29, 0.717) is 18.1 Å². The third-order valence-electron chi connectivity index (χ3n) is 5.13. The Morgan fingerprint density at radius 3 is 2.56 bits per heavy atom. The maximum absolute atomic E-state index is 12.5. The highest BCUT2D eigenvalue weighted by Crippen LogP contribution is 2.51. The molecule has 1 amide bonds. The van der Waals surface area contributed by atoms with E-state index in [4.69, 9.17) is 4.74 Å². The summed E-state index contributed by atoms with van der Waals surface area (Å²) in [6.07, 6.45) is 3.47. The summed E-state index contributed by atoms with van der Waals surface area (Å²) in [6.45, 7) is 9.34. The summed E-state index contributed by atoms with van der Waals surface area (Å²) in [6, 6.07) is 0.323. The molecule has 3 atom stereocenters. The maximum Gasteiger partial charge on any atom is 0.244 e. The van der Waals surface area contributed by atoms with Gasteiger partial charge in [0, 0.05) is 18.1 Å². The SMILES string of the molecule is CCOC1CC(N2C(=O)C3(CC3)NC2C)C1(C)C. The fourth-order valence-electron chi connectivity index (χ4n) is 3.67. The predicted octanol–water partition coefficient (Wildman–Crippen LogP) is 1.50. The summed E-state index contributed by atoms with van der Waals surface area (Å²) < 4.78 is 5.76. The molecule has 3 aliphatic rings. The Kier molecular flexibility index (Phi) is 2.55. The van der Waals surface area contributed by atoms with Gasteiger partial charge in [-0.15, -0.1) is 0 Å². The van der Waals surface area contributed by atoms with Crippen molar-refractivity contribution in [1.82, 2.24) is 10.2 Å². The lowest BCUT2D eigenvalue weighted by Crippen LogP contribution is -2.64. The van der Waals surface area contributed by atoms with Gasteiger partial charge in [0.2, 0.25) is 5.91 Å². The summed E-state index contributed by atoms with van der Waals surface area (Å²) in [5.41, 5.74) is -0.117. The van der Waals surface area contributed by atoms with Crippen molar-refractivity contribution in [2.45, 2.75) is 70.8 Å². The van der Waals surface area contributed by atoms with Crippen LogP contribution in [0, 0.1) is 5.41 Å². The molecule has 2 aliphatic carbocycles. The Morgan fingerprint density at radius 1 is 1.44 bits per heavy atom. The zero-order valence-corrected chi connectivity index (χ0v) is 11.8. The quantitative estimate of drug-likeness (QED) is 0.827. The average molecular weight is 252 g/mol. The second-order valence-corrected chi connectivity index (χ2v) is 6.63. The minimum absolute atomic E-state index is 0.0715. The molecule has 4 heteroatoms. The topological polar surface area (TPSA) is 41.6 Å². The van der Waals surface area contributed by atoms with Gasteiger partial charge in [-0.25, -0.2) is 0 Å². The summed E-state index contributed by atoms with van der Waals surface area (Å²) in [7, 11) is 0. The molecule has 18 heavy (non-hydrogen) atoms. The van der Waals surface area contributed by atoms with Crippen molar-refractivity contribution in [2.75, 3.05) is 6.61 Å². The van der Waals surface area contributed by atoms with E-state index in [1.54, 1.807) is 0 Å². The van der Waals surface area contributed by atoms with Crippen molar-refractivity contribution in [1.29, 1.82) is 0 Å². The minimum Gasteiger partial charge on any atom is -0.378 e. The van der Waals surface area contributed by atoms with Crippen LogP contribution in [0.2, 0.25) is 0 Å². The van der Waals surface area contributed by atoms with Gasteiger partial charge >= 0.3 is 0 Å². The molecule has 3 rings (SSSR count). The Bertz CT molecular complexity index is 376. The second-order valence-electron chi connectivity index (χ2n) is 6.63. The standard InChI is InChI=1S/C14H24N2O2/c1-5-18-11-8-10(13(11,3)4)16-9(2)15-14(6-7-14)12(16)17/h9-11,15H,5-8H2,1-4H3. The van der Waals surface area contributed by atoms with Gasteiger partial charge in [-0.2, -0.15) is 0 Å². The number of rotatable bonds is 3. The van der Waals surface area contributed by atoms with Gasteiger partial charge in [0.05, 0.1) is 17.8 Å². The van der Waals surface area contributed by atoms with Crippen LogP contribution in [0.15, 0.2) is 0 Å². The van der Waals surface area contributed by atoms with Crippen molar-refractivity contribution in [3.8, 4) is 0 Å². The highest BCUT2D eigenvalue weighted by molar-refractivity contribution is 5.92. The number of amides is 1. The van der Waals surface area contributed by atoms with E-state index >= 15 is 0 Å². The van der Waals surface area contributed by atoms with E-state index in [-0.39, 0.29) is 17.1 Å². The predicted molar refractivity (Wildman–Crippen MR) is 69.0 cm³/mol. The van der Waals surface area contributed by atoms with Gasteiger partial charge in [0.1, 0.15) is 0 Å². The normalized spacial score (nSPS) is 40.1. The molecule has 1 spiro atoms. The first-order valence-electron chi connectivity index (χ1n) is 7.14. The molecule has 4 nitrogen and oxygen atoms in total. The van der Waals surface area contributed by atoms with Crippen LogP contribution in [0.4, 0.5) is 0 Å². The first-order valence-corrected chi connectivity index (χ1v) is 7.14. The number of nitrogens with zero attached hydrogens (tertiary/aromatic N) is 1. The van der Waals surface area contributed by atoms with Gasteiger partial charge in [0.25, 0.3) is 0 Å². The zero-order valence-electron chi connectivity index (χ0n) is 11.8. The van der Waals surface area contributed by atoms with Crippen molar-refractivity contribution in [2.24, 2.45) is 5.41 Å². The number of hydrogen-bond donors (Lipinski definition) is 1. The minimum atomic E-state index is -0.188. The van der Waals surface area contributed by atoms with E-state index < -0.39 is 0 Å². The number of nitrogens with one attached hydrogen (secondary N) is 1. The lowest BCUT2D eigenvalue weighted by atomic mass is 9.63. The van der Waals surface area contributed by atoms with E-state index in [9.17, 15) is 4.79 Å². The summed E-state index contributed by atoms with van der Waals surface area (Å²) in [5, 5.41) is 3.47. The van der Waals surface area contributed by atoms with Gasteiger partial charge in [0.15, 0.2) is 0 Å². The molecule has 102 valence electrons. The molecule has 1 N–H and O–H groups in total. The molecule has 1 saturated heterocycles. The molecule has 2 saturated carbocycles. The van der Waals surface area contributed by atoms with Crippen LogP contribution in [0.5, 0.6) is 0 Å². The van der Waals surface area contributed by atoms with Crippen LogP contribution in [0.25, 0.3) is 0 Å². The van der Waals surface area contributed by atoms with Crippen LogP contribution in [-0.4, -0.2) is 41.3 Å². The first-order chi connectivity index (χ1) is 8.42. The van der Waals surface area contributed by atoms with Crippen LogP contribution >= 0.6 is 0 Å². The zero-order chi connectivity index (χ0) is 13.1. The fourth-order valence-corrected chi connectivity index (χ4v) is 3.67. The van der Waals surface area contributed by atoms with Crippen LogP contribution < -0.4 is 5.32 Å². The average Bonchev–Trinajstić information content (AvgIpc) is 3.03. The third kappa shape index (κ3) is 1.48. The lowest BCUT2D eigenvalue weighted by Gasteiger charge is -2.55. The third-order valence-corrected chi connectivity index (χ3v) is 5.13. The number of carbonyl (C=O) groups excluding carboxylic acids is 1. The summed E-state index contributed by atoms with van der Waals surface area (Å²) >= 11 is 0. The van der Waals surface area contributed by atoms with Crippen LogP contribution in [0.3, 0.4) is 0 Å². The molecule has 3 fully saturated rings. The van der Waals surface area contributed by atoms with Crippen LogP contribution in [0.1, 0.15) is 47.0 Å². The molecule has 3 unspecified atom stereocenters. The molecular weight excluding hydrogens is 228 g/mol. The van der Waals surface area contributed by atoms with Crippen LogP contribution in [-0.2, 0) is 9.53 Å². The van der Waals surface area contributed by atoms with Gasteiger partial charge in [-0.1, -0.05) is 13.8 Å². The molecule has 0 aromatic heterocycles. The number of hydrogen-bond acceptors (Lipinski definition) is 3. The smallest absolute Gasteiger partial charge is 0.244 e. The Labute approximate surface area is 109 Å². The molecule has 0 bridgehead atoms. The Balaban J connectivity index is 1.75. The highest BCUT2D eigenvalue weighted by Gasteiger charge is 2.63. The van der Waals surface area contributed by atoms with Crippen molar-refractivity contribution < 1.29 is 9.53 Å². The van der Waals surface area contributed by atoms with Gasteiger partial charge in [-0.05, 0) is 33.1 Å². The Morgan fingerprint density at radius 2 is 2.11 bits per heavy atom. The van der Waals surface area contributed by atoms with Gasteiger partial charge in [-0.3, -0.25) is 10.1 Å². The lowest BCUT2D eigenvalue weighted by molar-refractivity contribution is -0.167. The van der Waals surface area contributed by atoms with Crippen molar-refractivity contribution >= 4 is 5.91 Å². The summed E-state index contributed by atoms with van der Waals surface area (Å²) in [4.78, 5) is 14.6. The molecule has 0 aromatic carbocycles. The molecule has 1 heterocycles. The second kappa shape index (κ2) is 3.70. The fraction of sp³-hybridized carbons (Fsp3) is 0.929. The van der Waals surface area contributed by atoms with E-state index in [2.05, 4.69) is 31.0 Å². The first kappa shape index (κ1) is 12.4. The molecule has 0 radical (unpaired) electrons. The largest absolute Gasteiger partial charge is 0.378 e. The van der Waals surface area contributed by atoms with E-state index in [0.717, 1.165) is 25.9 Å². The van der Waals surface area contributed by atoms with Gasteiger partial charge < -0.3 is 9.64 Å². The van der Waals surface area contributed by atoms with Crippen molar-refractivity contribution in [3.05, 3.63) is 0 Å². The molecule has 1 aliphatic heterocycles. The number of carbonyl (C=O) groups is 1.